The van der Waals surface area contributed by atoms with Gasteiger partial charge in [0, 0.05) is 37.9 Å². The fourth-order valence-electron chi connectivity index (χ4n) is 3.05. The van der Waals surface area contributed by atoms with Gasteiger partial charge in [-0.15, -0.1) is 0 Å². The van der Waals surface area contributed by atoms with E-state index >= 15 is 0 Å². The first kappa shape index (κ1) is 18.3. The number of carbonyl (C=O) groups excluding carboxylic acids is 1. The minimum atomic E-state index is -0.0308. The molecular weight excluding hydrogens is 334 g/mol. The molecule has 0 unspecified atom stereocenters. The number of benzene rings is 1. The lowest BCUT2D eigenvalue weighted by molar-refractivity contribution is -0.117. The van der Waals surface area contributed by atoms with Crippen LogP contribution in [0.5, 0.6) is 11.5 Å². The summed E-state index contributed by atoms with van der Waals surface area (Å²) in [6.45, 7) is 4.76. The number of piperazine rings is 1. The number of anilines is 1. The van der Waals surface area contributed by atoms with Gasteiger partial charge in [0.15, 0.2) is 11.5 Å². The van der Waals surface area contributed by atoms with Gasteiger partial charge < -0.3 is 19.2 Å². The number of rotatable bonds is 7. The van der Waals surface area contributed by atoms with Crippen molar-refractivity contribution in [3.8, 4) is 11.5 Å². The SMILES string of the molecule is COc1ccc(NC(=O)CN2CCN(Cc3ccco3)CC2)cc1OC. The number of carbonyl (C=O) groups is 1. The maximum absolute atomic E-state index is 12.3. The summed E-state index contributed by atoms with van der Waals surface area (Å²) >= 11 is 0. The van der Waals surface area contributed by atoms with Crippen LogP contribution in [0.15, 0.2) is 41.0 Å². The van der Waals surface area contributed by atoms with Crippen molar-refractivity contribution in [3.05, 3.63) is 42.4 Å². The molecule has 0 radical (unpaired) electrons. The van der Waals surface area contributed by atoms with E-state index in [1.807, 2.05) is 12.1 Å². The summed E-state index contributed by atoms with van der Waals surface area (Å²) in [6, 6.07) is 9.24. The third kappa shape index (κ3) is 4.77. The van der Waals surface area contributed by atoms with Gasteiger partial charge in [-0.2, -0.15) is 0 Å². The number of amides is 1. The fourth-order valence-corrected chi connectivity index (χ4v) is 3.05. The zero-order valence-electron chi connectivity index (χ0n) is 15.2. The van der Waals surface area contributed by atoms with Crippen molar-refractivity contribution in [2.75, 3.05) is 52.3 Å². The molecule has 2 heterocycles. The van der Waals surface area contributed by atoms with Crippen LogP contribution in [0.1, 0.15) is 5.76 Å². The summed E-state index contributed by atoms with van der Waals surface area (Å²) < 4.78 is 15.9. The Hall–Kier alpha value is -2.51. The van der Waals surface area contributed by atoms with Crippen molar-refractivity contribution in [3.63, 3.8) is 0 Å². The highest BCUT2D eigenvalue weighted by Gasteiger charge is 2.19. The molecule has 1 aliphatic rings. The topological polar surface area (TPSA) is 67.2 Å². The standard InChI is InChI=1S/C19H25N3O4/c1-24-17-6-5-15(12-18(17)25-2)20-19(23)14-22-9-7-21(8-10-22)13-16-4-3-11-26-16/h3-6,11-12H,7-10,13-14H2,1-2H3,(H,20,23). The van der Waals surface area contributed by atoms with Crippen LogP contribution in [-0.2, 0) is 11.3 Å². The zero-order valence-corrected chi connectivity index (χ0v) is 15.2. The number of methoxy groups -OCH3 is 2. The Bertz CT molecular complexity index is 710. The number of ether oxygens (including phenoxy) is 2. The molecule has 1 aromatic heterocycles. The molecule has 3 rings (SSSR count). The predicted octanol–water partition coefficient (Wildman–Crippen LogP) is 2.05. The van der Waals surface area contributed by atoms with E-state index in [4.69, 9.17) is 13.9 Å². The molecule has 1 aromatic carbocycles. The van der Waals surface area contributed by atoms with Crippen molar-refractivity contribution >= 4 is 11.6 Å². The Balaban J connectivity index is 1.45. The van der Waals surface area contributed by atoms with Gasteiger partial charge in [0.1, 0.15) is 5.76 Å². The van der Waals surface area contributed by atoms with E-state index in [9.17, 15) is 4.79 Å². The molecule has 1 N–H and O–H groups in total. The first-order chi connectivity index (χ1) is 12.7. The molecule has 26 heavy (non-hydrogen) atoms. The second-order valence-corrected chi connectivity index (χ2v) is 6.25. The van der Waals surface area contributed by atoms with E-state index in [-0.39, 0.29) is 5.91 Å². The molecule has 140 valence electrons. The van der Waals surface area contributed by atoms with Crippen molar-refractivity contribution < 1.29 is 18.7 Å². The van der Waals surface area contributed by atoms with E-state index in [2.05, 4.69) is 15.1 Å². The summed E-state index contributed by atoms with van der Waals surface area (Å²) in [5, 5.41) is 2.92. The van der Waals surface area contributed by atoms with E-state index in [0.29, 0.717) is 23.7 Å². The summed E-state index contributed by atoms with van der Waals surface area (Å²) in [5.41, 5.74) is 0.698. The average molecular weight is 359 g/mol. The molecule has 0 bridgehead atoms. The molecule has 7 nitrogen and oxygen atoms in total. The van der Waals surface area contributed by atoms with Gasteiger partial charge in [-0.1, -0.05) is 0 Å². The van der Waals surface area contributed by atoms with Gasteiger partial charge in [0.2, 0.25) is 5.91 Å². The Morgan fingerprint density at radius 2 is 1.81 bits per heavy atom. The van der Waals surface area contributed by atoms with Crippen LogP contribution in [-0.4, -0.2) is 62.7 Å². The smallest absolute Gasteiger partial charge is 0.238 e. The van der Waals surface area contributed by atoms with Gasteiger partial charge in [-0.3, -0.25) is 14.6 Å². The average Bonchev–Trinajstić information content (AvgIpc) is 3.16. The second kappa shape index (κ2) is 8.73. The lowest BCUT2D eigenvalue weighted by Gasteiger charge is -2.33. The maximum Gasteiger partial charge on any atom is 0.238 e. The van der Waals surface area contributed by atoms with Crippen LogP contribution in [0.2, 0.25) is 0 Å². The van der Waals surface area contributed by atoms with Gasteiger partial charge >= 0.3 is 0 Å². The second-order valence-electron chi connectivity index (χ2n) is 6.25. The van der Waals surface area contributed by atoms with Crippen LogP contribution in [0.4, 0.5) is 5.69 Å². The first-order valence-electron chi connectivity index (χ1n) is 8.67. The minimum absolute atomic E-state index is 0.0308. The summed E-state index contributed by atoms with van der Waals surface area (Å²) in [4.78, 5) is 16.8. The number of hydrogen-bond acceptors (Lipinski definition) is 6. The van der Waals surface area contributed by atoms with Crippen molar-refractivity contribution in [1.82, 2.24) is 9.80 Å². The van der Waals surface area contributed by atoms with Crippen LogP contribution in [0, 0.1) is 0 Å². The van der Waals surface area contributed by atoms with Crippen LogP contribution < -0.4 is 14.8 Å². The molecule has 0 atom stereocenters. The molecule has 1 saturated heterocycles. The largest absolute Gasteiger partial charge is 0.493 e. The molecule has 2 aromatic rings. The van der Waals surface area contributed by atoms with E-state index in [1.165, 1.54) is 0 Å². The minimum Gasteiger partial charge on any atom is -0.493 e. The molecule has 0 aliphatic carbocycles. The third-order valence-electron chi connectivity index (χ3n) is 4.46. The molecule has 0 saturated carbocycles. The Morgan fingerprint density at radius 1 is 1.08 bits per heavy atom. The quantitative estimate of drug-likeness (QED) is 0.816. The van der Waals surface area contributed by atoms with E-state index in [1.54, 1.807) is 38.7 Å². The highest BCUT2D eigenvalue weighted by Crippen LogP contribution is 2.29. The van der Waals surface area contributed by atoms with Crippen molar-refractivity contribution in [2.45, 2.75) is 6.54 Å². The zero-order chi connectivity index (χ0) is 18.4. The Morgan fingerprint density at radius 3 is 2.46 bits per heavy atom. The van der Waals surface area contributed by atoms with E-state index < -0.39 is 0 Å². The molecule has 1 amide bonds. The normalized spacial score (nSPS) is 15.6. The summed E-state index contributed by atoms with van der Waals surface area (Å²) in [6.07, 6.45) is 1.70. The van der Waals surface area contributed by atoms with Crippen molar-refractivity contribution in [2.24, 2.45) is 0 Å². The number of nitrogens with zero attached hydrogens (tertiary/aromatic N) is 2. The lowest BCUT2D eigenvalue weighted by Crippen LogP contribution is -2.48. The van der Waals surface area contributed by atoms with Gasteiger partial charge in [-0.25, -0.2) is 0 Å². The monoisotopic (exact) mass is 359 g/mol. The first-order valence-corrected chi connectivity index (χ1v) is 8.67. The molecule has 7 heteroatoms. The van der Waals surface area contributed by atoms with Crippen LogP contribution in [0.25, 0.3) is 0 Å². The van der Waals surface area contributed by atoms with E-state index in [0.717, 1.165) is 38.5 Å². The fraction of sp³-hybridized carbons (Fsp3) is 0.421. The van der Waals surface area contributed by atoms with Crippen molar-refractivity contribution in [1.29, 1.82) is 0 Å². The Kier molecular flexibility index (Phi) is 6.14. The molecule has 1 aliphatic heterocycles. The highest BCUT2D eigenvalue weighted by atomic mass is 16.5. The predicted molar refractivity (Wildman–Crippen MR) is 98.6 cm³/mol. The van der Waals surface area contributed by atoms with Crippen LogP contribution >= 0.6 is 0 Å². The maximum atomic E-state index is 12.3. The number of furan rings is 1. The Labute approximate surface area is 153 Å². The van der Waals surface area contributed by atoms with Gasteiger partial charge in [0.25, 0.3) is 0 Å². The number of nitrogens with one attached hydrogen (secondary N) is 1. The van der Waals surface area contributed by atoms with Gasteiger partial charge in [-0.05, 0) is 24.3 Å². The summed E-state index contributed by atoms with van der Waals surface area (Å²) in [7, 11) is 3.16. The number of hydrogen-bond donors (Lipinski definition) is 1. The molecular formula is C19H25N3O4. The highest BCUT2D eigenvalue weighted by molar-refractivity contribution is 5.92. The van der Waals surface area contributed by atoms with Crippen LogP contribution in [0.3, 0.4) is 0 Å². The molecule has 0 spiro atoms. The van der Waals surface area contributed by atoms with Gasteiger partial charge in [0.05, 0.1) is 33.6 Å². The molecule has 1 fully saturated rings. The third-order valence-corrected chi connectivity index (χ3v) is 4.46. The lowest BCUT2D eigenvalue weighted by atomic mass is 10.2. The summed E-state index contributed by atoms with van der Waals surface area (Å²) in [5.74, 6) is 2.18.